The summed E-state index contributed by atoms with van der Waals surface area (Å²) in [6.45, 7) is 11.2. The summed E-state index contributed by atoms with van der Waals surface area (Å²) >= 11 is 0. The van der Waals surface area contributed by atoms with Crippen molar-refractivity contribution in [1.29, 1.82) is 0 Å². The molecule has 4 fully saturated rings. The molecular weight excluding hydrogens is 581 g/mol. The van der Waals surface area contributed by atoms with Gasteiger partial charge in [0, 0.05) is 0 Å². The van der Waals surface area contributed by atoms with Crippen LogP contribution in [-0.2, 0) is 0 Å². The van der Waals surface area contributed by atoms with E-state index in [9.17, 15) is 0 Å². The molecule has 0 saturated heterocycles. The lowest BCUT2D eigenvalue weighted by molar-refractivity contribution is 0.193. The molecule has 0 N–H and O–H groups in total. The highest BCUT2D eigenvalue weighted by molar-refractivity contribution is 6.80. The van der Waals surface area contributed by atoms with E-state index in [1.165, 1.54) is 38.5 Å². The van der Waals surface area contributed by atoms with Crippen LogP contribution in [0, 0.1) is 35.5 Å². The van der Waals surface area contributed by atoms with Crippen molar-refractivity contribution in [2.75, 3.05) is 0 Å². The van der Waals surface area contributed by atoms with Gasteiger partial charge in [-0.15, -0.1) is 0 Å². The summed E-state index contributed by atoms with van der Waals surface area (Å²) in [5, 5.41) is 0. The van der Waals surface area contributed by atoms with E-state index in [1.54, 1.807) is 22.3 Å². The Morgan fingerprint density at radius 1 is 0.426 bits per heavy atom. The van der Waals surface area contributed by atoms with Gasteiger partial charge in [-0.3, -0.25) is 0 Å². The maximum atomic E-state index is 2.91. The van der Waals surface area contributed by atoms with Crippen molar-refractivity contribution in [3.63, 3.8) is 0 Å². The van der Waals surface area contributed by atoms with E-state index in [4.69, 9.17) is 0 Å². The molecule has 0 nitrogen and oxygen atoms in total. The fourth-order valence-electron chi connectivity index (χ4n) is 13.3. The summed E-state index contributed by atoms with van der Waals surface area (Å²) in [4.78, 5) is 0. The molecule has 0 aliphatic heterocycles. The van der Waals surface area contributed by atoms with Crippen LogP contribution in [0.15, 0.2) is 121 Å². The first kappa shape index (κ1) is 31.4. The van der Waals surface area contributed by atoms with Gasteiger partial charge >= 0.3 is 0 Å². The van der Waals surface area contributed by atoms with Crippen molar-refractivity contribution < 1.29 is 0 Å². The molecule has 0 heterocycles. The van der Waals surface area contributed by atoms with E-state index in [-0.39, 0.29) is 0 Å². The van der Waals surface area contributed by atoms with Crippen LogP contribution in [0.25, 0.3) is 0 Å². The first-order valence-corrected chi connectivity index (χ1v) is 22.3. The molecular formula is C46H56Si. The highest BCUT2D eigenvalue weighted by Crippen LogP contribution is 2.72. The second kappa shape index (κ2) is 12.8. The van der Waals surface area contributed by atoms with Gasteiger partial charge in [-0.05, 0) is 105 Å². The van der Waals surface area contributed by atoms with Crippen molar-refractivity contribution in [3.05, 3.63) is 144 Å². The highest BCUT2D eigenvalue weighted by atomic mass is 28.3. The van der Waals surface area contributed by atoms with Gasteiger partial charge in [0.15, 0.2) is 0 Å². The van der Waals surface area contributed by atoms with Gasteiger partial charge in [-0.2, -0.15) is 0 Å². The first-order valence-electron chi connectivity index (χ1n) is 19.2. The maximum Gasteiger partial charge on any atom is 0.0553 e. The summed E-state index contributed by atoms with van der Waals surface area (Å²) in [6.07, 6.45) is 8.37. The Balaban J connectivity index is 1.26. The monoisotopic (exact) mass is 636 g/mol. The molecule has 12 atom stereocenters. The molecule has 0 radical (unpaired) electrons. The molecule has 244 valence electrons. The highest BCUT2D eigenvalue weighted by Gasteiger charge is 2.64. The predicted molar refractivity (Wildman–Crippen MR) is 202 cm³/mol. The molecule has 4 aromatic carbocycles. The van der Waals surface area contributed by atoms with Gasteiger partial charge in [-0.25, -0.2) is 0 Å². The second-order valence-corrected chi connectivity index (χ2v) is 21.8. The summed E-state index contributed by atoms with van der Waals surface area (Å²) < 4.78 is 0. The SMILES string of the molecule is CC1C(c2ccccc2)C([Si](C)(C)C2C3CCCC(c4ccccc4)C3C(C)C2c2ccccc2)C2CCCC(c3ccccc3)C12. The Kier molecular flexibility index (Phi) is 8.58. The summed E-state index contributed by atoms with van der Waals surface area (Å²) in [7, 11) is -1.89. The molecule has 4 aliphatic rings. The normalized spacial score (nSPS) is 36.9. The second-order valence-electron chi connectivity index (χ2n) is 16.8. The third kappa shape index (κ3) is 5.31. The van der Waals surface area contributed by atoms with Gasteiger partial charge < -0.3 is 0 Å². The zero-order valence-electron chi connectivity index (χ0n) is 29.2. The molecule has 4 saturated carbocycles. The minimum atomic E-state index is -1.89. The molecule has 12 unspecified atom stereocenters. The van der Waals surface area contributed by atoms with Gasteiger partial charge in [0.1, 0.15) is 0 Å². The Labute approximate surface area is 286 Å². The zero-order chi connectivity index (χ0) is 32.1. The van der Waals surface area contributed by atoms with Crippen LogP contribution in [0.2, 0.25) is 24.2 Å². The van der Waals surface area contributed by atoms with E-state index >= 15 is 0 Å². The Morgan fingerprint density at radius 2 is 0.745 bits per heavy atom. The fraction of sp³-hybridized carbons (Fsp3) is 0.478. The summed E-state index contributed by atoms with van der Waals surface area (Å²) in [5.74, 6) is 7.35. The Morgan fingerprint density at radius 3 is 1.09 bits per heavy atom. The van der Waals surface area contributed by atoms with Crippen LogP contribution in [0.4, 0.5) is 0 Å². The third-order valence-electron chi connectivity index (χ3n) is 14.6. The summed E-state index contributed by atoms with van der Waals surface area (Å²) in [5.41, 5.74) is 8.12. The van der Waals surface area contributed by atoms with E-state index in [0.717, 1.165) is 34.8 Å². The first-order chi connectivity index (χ1) is 23.0. The van der Waals surface area contributed by atoms with Crippen LogP contribution in [-0.4, -0.2) is 8.07 Å². The lowest BCUT2D eigenvalue weighted by atomic mass is 9.68. The summed E-state index contributed by atoms with van der Waals surface area (Å²) in [6, 6.07) is 47.2. The van der Waals surface area contributed by atoms with Crippen molar-refractivity contribution in [3.8, 4) is 0 Å². The van der Waals surface area contributed by atoms with E-state index in [1.807, 2.05) is 0 Å². The topological polar surface area (TPSA) is 0 Å². The average molecular weight is 637 g/mol. The lowest BCUT2D eigenvalue weighted by Crippen LogP contribution is -2.47. The molecule has 0 aromatic heterocycles. The van der Waals surface area contributed by atoms with E-state index < -0.39 is 8.07 Å². The molecule has 4 aromatic rings. The molecule has 47 heavy (non-hydrogen) atoms. The predicted octanol–water partition coefficient (Wildman–Crippen LogP) is 12.7. The molecule has 0 bridgehead atoms. The van der Waals surface area contributed by atoms with Gasteiger partial charge in [0.2, 0.25) is 0 Å². The van der Waals surface area contributed by atoms with Crippen LogP contribution in [0.1, 0.15) is 98.3 Å². The lowest BCUT2D eigenvalue weighted by Gasteiger charge is -2.49. The number of benzene rings is 4. The molecule has 1 heteroatoms. The molecule has 8 rings (SSSR count). The van der Waals surface area contributed by atoms with Crippen LogP contribution < -0.4 is 0 Å². The number of rotatable bonds is 6. The van der Waals surface area contributed by atoms with Crippen molar-refractivity contribution in [2.45, 2.75) is 100 Å². The van der Waals surface area contributed by atoms with Crippen LogP contribution in [0.5, 0.6) is 0 Å². The fourth-order valence-corrected chi connectivity index (χ4v) is 19.6. The molecule has 4 aliphatic carbocycles. The van der Waals surface area contributed by atoms with Crippen molar-refractivity contribution in [1.82, 2.24) is 0 Å². The quantitative estimate of drug-likeness (QED) is 0.185. The molecule has 0 amide bonds. The number of fused-ring (bicyclic) bond motifs is 2. The average Bonchev–Trinajstić information content (AvgIpc) is 3.61. The minimum absolute atomic E-state index is 0.663. The van der Waals surface area contributed by atoms with Crippen LogP contribution >= 0.6 is 0 Å². The van der Waals surface area contributed by atoms with Gasteiger partial charge in [0.25, 0.3) is 0 Å². The van der Waals surface area contributed by atoms with Crippen molar-refractivity contribution >= 4 is 8.07 Å². The molecule has 0 spiro atoms. The Hall–Kier alpha value is -2.90. The largest absolute Gasteiger partial charge is 0.0689 e. The maximum absolute atomic E-state index is 2.91. The third-order valence-corrected chi connectivity index (χ3v) is 19.6. The van der Waals surface area contributed by atoms with Crippen molar-refractivity contribution in [2.24, 2.45) is 35.5 Å². The van der Waals surface area contributed by atoms with Gasteiger partial charge in [0.05, 0.1) is 8.07 Å². The minimum Gasteiger partial charge on any atom is -0.0689 e. The Bertz CT molecular complexity index is 1480. The number of hydrogen-bond donors (Lipinski definition) is 0. The van der Waals surface area contributed by atoms with Crippen LogP contribution in [0.3, 0.4) is 0 Å². The van der Waals surface area contributed by atoms with E-state index in [2.05, 4.69) is 148 Å². The standard InChI is InChI=1S/C46H56Si/c1-31-41(35-23-13-7-14-24-35)45(39-29-17-27-37(43(31)39)33-19-9-5-10-20-33)47(3,4)46-40-30-18-28-38(34-21-11-6-12-22-34)44(40)32(2)42(46)36-25-15-8-16-26-36/h5-16,19-26,31-32,37-46H,17-18,27-30H2,1-4H3. The van der Waals surface area contributed by atoms with Gasteiger partial charge in [-0.1, -0.05) is 174 Å². The van der Waals surface area contributed by atoms with E-state index in [0.29, 0.717) is 35.5 Å². The zero-order valence-corrected chi connectivity index (χ0v) is 30.2. The smallest absolute Gasteiger partial charge is 0.0553 e. The number of hydrogen-bond acceptors (Lipinski definition) is 0.